The van der Waals surface area contributed by atoms with Crippen molar-refractivity contribution in [3.8, 4) is 0 Å². The molecule has 4 aliphatic rings. The van der Waals surface area contributed by atoms with Crippen LogP contribution in [0.15, 0.2) is 60.7 Å². The second kappa shape index (κ2) is 4.92. The molecule has 0 saturated heterocycles. The first-order chi connectivity index (χ1) is 11.7. The highest BCUT2D eigenvalue weighted by Crippen LogP contribution is 2.63. The molecule has 24 heavy (non-hydrogen) atoms. The first kappa shape index (κ1) is 14.2. The van der Waals surface area contributed by atoms with Gasteiger partial charge in [-0.2, -0.15) is 0 Å². The van der Waals surface area contributed by atoms with Gasteiger partial charge in [0.1, 0.15) is 5.78 Å². The van der Waals surface area contributed by atoms with Gasteiger partial charge in [0.05, 0.1) is 0 Å². The van der Waals surface area contributed by atoms with Crippen LogP contribution in [-0.4, -0.2) is 5.78 Å². The second-order valence-corrected chi connectivity index (χ2v) is 7.90. The highest BCUT2D eigenvalue weighted by molar-refractivity contribution is 5.89. The number of carbonyl (C=O) groups is 1. The molecule has 0 N–H and O–H groups in total. The Morgan fingerprint density at radius 2 is 1.46 bits per heavy atom. The van der Waals surface area contributed by atoms with Crippen LogP contribution in [0.1, 0.15) is 53.9 Å². The van der Waals surface area contributed by atoms with E-state index in [0.717, 1.165) is 18.4 Å². The van der Waals surface area contributed by atoms with Crippen molar-refractivity contribution >= 4 is 5.78 Å². The van der Waals surface area contributed by atoms with Crippen molar-refractivity contribution in [2.24, 2.45) is 17.8 Å². The Labute approximate surface area is 143 Å². The van der Waals surface area contributed by atoms with E-state index in [-0.39, 0.29) is 17.8 Å². The molecule has 0 heterocycles. The van der Waals surface area contributed by atoms with Crippen LogP contribution in [0, 0.1) is 17.8 Å². The fourth-order valence-electron chi connectivity index (χ4n) is 5.77. The quantitative estimate of drug-likeness (QED) is 0.708. The van der Waals surface area contributed by atoms with Crippen LogP contribution in [0.2, 0.25) is 0 Å². The summed E-state index contributed by atoms with van der Waals surface area (Å²) < 4.78 is 0. The van der Waals surface area contributed by atoms with Gasteiger partial charge in [-0.25, -0.2) is 0 Å². The van der Waals surface area contributed by atoms with Crippen molar-refractivity contribution in [1.82, 2.24) is 0 Å². The normalized spacial score (nSPS) is 32.2. The van der Waals surface area contributed by atoms with Gasteiger partial charge < -0.3 is 0 Å². The summed E-state index contributed by atoms with van der Waals surface area (Å²) in [5.74, 6) is 1.95. The third-order valence-electron chi connectivity index (χ3n) is 6.46. The number of hydrogen-bond donors (Lipinski definition) is 0. The summed E-state index contributed by atoms with van der Waals surface area (Å²) in [6.07, 6.45) is 1.89. The molecule has 0 aromatic heterocycles. The van der Waals surface area contributed by atoms with Gasteiger partial charge in [0.2, 0.25) is 0 Å². The van der Waals surface area contributed by atoms with E-state index in [0.29, 0.717) is 17.6 Å². The molecule has 0 amide bonds. The fourth-order valence-corrected chi connectivity index (χ4v) is 5.77. The van der Waals surface area contributed by atoms with E-state index in [1.807, 2.05) is 6.92 Å². The van der Waals surface area contributed by atoms with Gasteiger partial charge in [0.15, 0.2) is 0 Å². The fraction of sp³-hybridized carbons (Fsp3) is 0.348. The van der Waals surface area contributed by atoms with E-state index >= 15 is 0 Å². The molecular weight excluding hydrogens is 292 g/mol. The van der Waals surface area contributed by atoms with E-state index in [4.69, 9.17) is 0 Å². The Bertz CT molecular complexity index is 814. The SMILES string of the molecule is C=C(C)C[C@H]1C[C@@H]2C3c4ccccc4C(c4ccccc43)[C@@H]2C1=O. The summed E-state index contributed by atoms with van der Waals surface area (Å²) in [7, 11) is 0. The van der Waals surface area contributed by atoms with E-state index in [1.54, 1.807) is 0 Å². The van der Waals surface area contributed by atoms with Crippen molar-refractivity contribution in [3.63, 3.8) is 0 Å². The zero-order valence-electron chi connectivity index (χ0n) is 14.0. The Hall–Kier alpha value is -2.15. The molecule has 0 unspecified atom stereocenters. The minimum absolute atomic E-state index is 0.171. The van der Waals surface area contributed by atoms with E-state index in [1.165, 1.54) is 22.3 Å². The molecule has 120 valence electrons. The van der Waals surface area contributed by atoms with Crippen LogP contribution in [0.4, 0.5) is 0 Å². The van der Waals surface area contributed by atoms with Crippen LogP contribution in [0.3, 0.4) is 0 Å². The number of allylic oxidation sites excluding steroid dienone is 1. The lowest BCUT2D eigenvalue weighted by Gasteiger charge is -2.47. The lowest BCUT2D eigenvalue weighted by atomic mass is 9.55. The maximum Gasteiger partial charge on any atom is 0.140 e. The van der Waals surface area contributed by atoms with Crippen LogP contribution in [0.5, 0.6) is 0 Å². The third-order valence-corrected chi connectivity index (χ3v) is 6.46. The van der Waals surface area contributed by atoms with E-state index < -0.39 is 0 Å². The smallest absolute Gasteiger partial charge is 0.140 e. The molecular formula is C23H22O. The monoisotopic (exact) mass is 314 g/mol. The van der Waals surface area contributed by atoms with Gasteiger partial charge in [-0.05, 0) is 47.9 Å². The van der Waals surface area contributed by atoms with Crippen molar-refractivity contribution in [3.05, 3.63) is 82.9 Å². The van der Waals surface area contributed by atoms with Gasteiger partial charge in [0.25, 0.3) is 0 Å². The predicted molar refractivity (Wildman–Crippen MR) is 96.1 cm³/mol. The molecule has 1 nitrogen and oxygen atoms in total. The lowest BCUT2D eigenvalue weighted by molar-refractivity contribution is -0.125. The largest absolute Gasteiger partial charge is 0.299 e. The van der Waals surface area contributed by atoms with Crippen molar-refractivity contribution in [1.29, 1.82) is 0 Å². The van der Waals surface area contributed by atoms with Gasteiger partial charge in [-0.1, -0.05) is 54.1 Å². The second-order valence-electron chi connectivity index (χ2n) is 7.90. The molecule has 4 aliphatic carbocycles. The van der Waals surface area contributed by atoms with Crippen LogP contribution < -0.4 is 0 Å². The van der Waals surface area contributed by atoms with Gasteiger partial charge >= 0.3 is 0 Å². The molecule has 0 spiro atoms. The predicted octanol–water partition coefficient (Wildman–Crippen LogP) is 5.07. The number of benzene rings is 2. The van der Waals surface area contributed by atoms with Crippen LogP contribution >= 0.6 is 0 Å². The Kier molecular flexibility index (Phi) is 2.92. The number of hydrogen-bond acceptors (Lipinski definition) is 1. The maximum absolute atomic E-state index is 13.2. The molecule has 3 atom stereocenters. The number of Topliss-reactive ketones (excluding diaryl/α,β-unsaturated/α-hetero) is 1. The number of carbonyl (C=O) groups excluding carboxylic acids is 1. The highest BCUT2D eigenvalue weighted by Gasteiger charge is 2.57. The van der Waals surface area contributed by atoms with E-state index in [2.05, 4.69) is 55.1 Å². The lowest BCUT2D eigenvalue weighted by Crippen LogP contribution is -2.39. The molecule has 1 saturated carbocycles. The van der Waals surface area contributed by atoms with E-state index in [9.17, 15) is 4.79 Å². The van der Waals surface area contributed by atoms with Crippen LogP contribution in [-0.2, 0) is 4.79 Å². The Morgan fingerprint density at radius 1 is 0.958 bits per heavy atom. The summed E-state index contributed by atoms with van der Waals surface area (Å²) in [5, 5.41) is 0. The molecule has 1 fully saturated rings. The molecule has 6 rings (SSSR count). The van der Waals surface area contributed by atoms with Crippen molar-refractivity contribution in [2.75, 3.05) is 0 Å². The Balaban J connectivity index is 1.70. The van der Waals surface area contributed by atoms with Crippen molar-refractivity contribution in [2.45, 2.75) is 31.6 Å². The summed E-state index contributed by atoms with van der Waals surface area (Å²) in [4.78, 5) is 13.2. The summed E-state index contributed by atoms with van der Waals surface area (Å²) in [6, 6.07) is 17.6. The average Bonchev–Trinajstić information content (AvgIpc) is 2.91. The zero-order valence-corrected chi connectivity index (χ0v) is 14.0. The molecule has 1 heteroatoms. The first-order valence-electron chi connectivity index (χ1n) is 9.02. The third kappa shape index (κ3) is 1.73. The van der Waals surface area contributed by atoms with Crippen molar-refractivity contribution < 1.29 is 4.79 Å². The highest BCUT2D eigenvalue weighted by atomic mass is 16.1. The minimum Gasteiger partial charge on any atom is -0.299 e. The number of rotatable bonds is 2. The molecule has 0 aliphatic heterocycles. The molecule has 2 bridgehead atoms. The molecule has 0 radical (unpaired) electrons. The average molecular weight is 314 g/mol. The standard InChI is InChI=1S/C23H22O/c1-13(2)11-14-12-19-20-15-7-3-5-9-17(15)21(22(19)23(14)24)18-10-6-4-8-16(18)20/h3-10,14,19-22H,1,11-12H2,2H3/t14-,19+,20?,21?,22+/m0/s1. The van der Waals surface area contributed by atoms with Crippen LogP contribution in [0.25, 0.3) is 0 Å². The zero-order chi connectivity index (χ0) is 16.4. The maximum atomic E-state index is 13.2. The van der Waals surface area contributed by atoms with Gasteiger partial charge in [0, 0.05) is 23.7 Å². The van der Waals surface area contributed by atoms with Gasteiger partial charge in [-0.3, -0.25) is 4.79 Å². The first-order valence-corrected chi connectivity index (χ1v) is 9.02. The summed E-state index contributed by atoms with van der Waals surface area (Å²) in [5.41, 5.74) is 6.85. The number of ketones is 1. The summed E-state index contributed by atoms with van der Waals surface area (Å²) >= 11 is 0. The topological polar surface area (TPSA) is 17.1 Å². The molecule has 2 aromatic rings. The summed E-state index contributed by atoms with van der Waals surface area (Å²) in [6.45, 7) is 6.10. The molecule has 2 aromatic carbocycles. The minimum atomic E-state index is 0.171. The van der Waals surface area contributed by atoms with Gasteiger partial charge in [-0.15, -0.1) is 6.58 Å². The Morgan fingerprint density at radius 3 is 1.96 bits per heavy atom.